The van der Waals surface area contributed by atoms with Crippen molar-refractivity contribution in [3.8, 4) is 0 Å². The fourth-order valence-electron chi connectivity index (χ4n) is 2.02. The molecule has 0 bridgehead atoms. The van der Waals surface area contributed by atoms with Crippen molar-refractivity contribution in [2.75, 3.05) is 6.61 Å². The molecule has 0 spiro atoms. The molecule has 106 valence electrons. The molecule has 0 aliphatic carbocycles. The molecular weight excluding hydrogens is 242 g/mol. The molecule has 1 N–H and O–H groups in total. The van der Waals surface area contributed by atoms with E-state index in [-0.39, 0.29) is 19.3 Å². The Morgan fingerprint density at radius 2 is 1.89 bits per heavy atom. The fraction of sp³-hybridized carbons (Fsp3) is 0.533. The summed E-state index contributed by atoms with van der Waals surface area (Å²) in [4.78, 5) is 13.7. The summed E-state index contributed by atoms with van der Waals surface area (Å²) in [7, 11) is 0. The van der Waals surface area contributed by atoms with E-state index in [0.717, 1.165) is 5.56 Å². The standard InChI is InChI=1S/C15H23NO3/c1-12(2)16(15(3,4)11-17)14(18)19-10-13-8-6-5-7-9-13/h5-9,12,17H,10-11H2,1-4H3. The first-order valence-electron chi connectivity index (χ1n) is 6.49. The average Bonchev–Trinajstić information content (AvgIpc) is 2.37. The van der Waals surface area contributed by atoms with Crippen molar-refractivity contribution in [2.24, 2.45) is 0 Å². The lowest BCUT2D eigenvalue weighted by Crippen LogP contribution is -2.53. The van der Waals surface area contributed by atoms with Gasteiger partial charge in [0.15, 0.2) is 0 Å². The van der Waals surface area contributed by atoms with Crippen molar-refractivity contribution in [3.63, 3.8) is 0 Å². The molecule has 1 amide bonds. The van der Waals surface area contributed by atoms with E-state index in [1.54, 1.807) is 4.90 Å². The van der Waals surface area contributed by atoms with Gasteiger partial charge in [-0.1, -0.05) is 30.3 Å². The molecular formula is C15H23NO3. The van der Waals surface area contributed by atoms with Crippen LogP contribution in [0.4, 0.5) is 4.79 Å². The molecule has 1 rings (SSSR count). The van der Waals surface area contributed by atoms with E-state index >= 15 is 0 Å². The summed E-state index contributed by atoms with van der Waals surface area (Å²) in [5, 5.41) is 9.40. The maximum atomic E-state index is 12.2. The summed E-state index contributed by atoms with van der Waals surface area (Å²) >= 11 is 0. The number of nitrogens with zero attached hydrogens (tertiary/aromatic N) is 1. The van der Waals surface area contributed by atoms with Crippen molar-refractivity contribution < 1.29 is 14.6 Å². The molecule has 0 unspecified atom stereocenters. The lowest BCUT2D eigenvalue weighted by Gasteiger charge is -2.39. The van der Waals surface area contributed by atoms with Crippen molar-refractivity contribution in [2.45, 2.75) is 45.9 Å². The van der Waals surface area contributed by atoms with Crippen LogP contribution in [0.5, 0.6) is 0 Å². The van der Waals surface area contributed by atoms with Gasteiger partial charge in [0, 0.05) is 6.04 Å². The molecule has 0 saturated heterocycles. The van der Waals surface area contributed by atoms with Crippen LogP contribution in [-0.2, 0) is 11.3 Å². The number of aliphatic hydroxyl groups is 1. The van der Waals surface area contributed by atoms with Crippen LogP contribution in [-0.4, -0.2) is 34.3 Å². The van der Waals surface area contributed by atoms with Gasteiger partial charge in [0.2, 0.25) is 0 Å². The molecule has 4 nitrogen and oxygen atoms in total. The number of hydrogen-bond donors (Lipinski definition) is 1. The summed E-state index contributed by atoms with van der Waals surface area (Å²) in [6.45, 7) is 7.58. The van der Waals surface area contributed by atoms with Crippen molar-refractivity contribution in [1.29, 1.82) is 0 Å². The molecule has 0 saturated carbocycles. The first-order chi connectivity index (χ1) is 8.88. The predicted octanol–water partition coefficient (Wildman–Crippen LogP) is 2.80. The van der Waals surface area contributed by atoms with Gasteiger partial charge < -0.3 is 9.84 Å². The highest BCUT2D eigenvalue weighted by Crippen LogP contribution is 2.19. The van der Waals surface area contributed by atoms with E-state index in [0.29, 0.717) is 0 Å². The molecule has 19 heavy (non-hydrogen) atoms. The molecule has 0 heterocycles. The van der Waals surface area contributed by atoms with E-state index in [9.17, 15) is 9.90 Å². The third kappa shape index (κ3) is 4.24. The van der Waals surface area contributed by atoms with Crippen LogP contribution in [0.1, 0.15) is 33.3 Å². The van der Waals surface area contributed by atoms with Gasteiger partial charge in [-0.05, 0) is 33.3 Å². The Kier molecular flexibility index (Phi) is 5.36. The largest absolute Gasteiger partial charge is 0.445 e. The van der Waals surface area contributed by atoms with Crippen molar-refractivity contribution in [1.82, 2.24) is 4.90 Å². The number of aliphatic hydroxyl groups excluding tert-OH is 1. The minimum atomic E-state index is -0.637. The fourth-order valence-corrected chi connectivity index (χ4v) is 2.02. The molecule has 1 aromatic rings. The van der Waals surface area contributed by atoms with E-state index in [4.69, 9.17) is 4.74 Å². The monoisotopic (exact) mass is 265 g/mol. The van der Waals surface area contributed by atoms with E-state index in [1.807, 2.05) is 58.0 Å². The van der Waals surface area contributed by atoms with Crippen LogP contribution < -0.4 is 0 Å². The van der Waals surface area contributed by atoms with Gasteiger partial charge >= 0.3 is 6.09 Å². The van der Waals surface area contributed by atoms with Crippen molar-refractivity contribution >= 4 is 6.09 Å². The number of benzene rings is 1. The quantitative estimate of drug-likeness (QED) is 0.890. The average molecular weight is 265 g/mol. The van der Waals surface area contributed by atoms with E-state index < -0.39 is 11.6 Å². The minimum absolute atomic E-state index is 0.0366. The summed E-state index contributed by atoms with van der Waals surface area (Å²) in [6, 6.07) is 9.50. The molecule has 0 atom stereocenters. The van der Waals surface area contributed by atoms with Crippen LogP contribution in [0.25, 0.3) is 0 Å². The summed E-state index contributed by atoms with van der Waals surface area (Å²) in [5.41, 5.74) is 0.309. The minimum Gasteiger partial charge on any atom is -0.445 e. The summed E-state index contributed by atoms with van der Waals surface area (Å²) < 4.78 is 5.32. The maximum absolute atomic E-state index is 12.2. The van der Waals surface area contributed by atoms with Gasteiger partial charge in [-0.2, -0.15) is 0 Å². The van der Waals surface area contributed by atoms with Gasteiger partial charge in [0.05, 0.1) is 12.1 Å². The second-order valence-electron chi connectivity index (χ2n) is 5.47. The molecule has 0 aromatic heterocycles. The lowest BCUT2D eigenvalue weighted by atomic mass is 10.0. The summed E-state index contributed by atoms with van der Waals surface area (Å²) in [5.74, 6) is 0. The Hall–Kier alpha value is -1.55. The molecule has 4 heteroatoms. The van der Waals surface area contributed by atoms with E-state index in [2.05, 4.69) is 0 Å². The van der Waals surface area contributed by atoms with Crippen LogP contribution in [0.15, 0.2) is 30.3 Å². The van der Waals surface area contributed by atoms with E-state index in [1.165, 1.54) is 0 Å². The van der Waals surface area contributed by atoms with Crippen LogP contribution in [0.2, 0.25) is 0 Å². The first-order valence-corrected chi connectivity index (χ1v) is 6.49. The zero-order chi connectivity index (χ0) is 14.5. The zero-order valence-electron chi connectivity index (χ0n) is 12.1. The molecule has 0 fully saturated rings. The van der Waals surface area contributed by atoms with Crippen LogP contribution in [0.3, 0.4) is 0 Å². The predicted molar refractivity (Wildman–Crippen MR) is 74.8 cm³/mol. The van der Waals surface area contributed by atoms with Crippen molar-refractivity contribution in [3.05, 3.63) is 35.9 Å². The molecule has 0 aliphatic heterocycles. The second kappa shape index (κ2) is 6.57. The molecule has 0 aliphatic rings. The number of rotatable bonds is 5. The number of carbonyl (C=O) groups excluding carboxylic acids is 1. The topological polar surface area (TPSA) is 49.8 Å². The second-order valence-corrected chi connectivity index (χ2v) is 5.47. The van der Waals surface area contributed by atoms with Gasteiger partial charge in [0.25, 0.3) is 0 Å². The van der Waals surface area contributed by atoms with Crippen LogP contribution in [0, 0.1) is 0 Å². The number of amides is 1. The zero-order valence-corrected chi connectivity index (χ0v) is 12.1. The van der Waals surface area contributed by atoms with Gasteiger partial charge in [0.1, 0.15) is 6.61 Å². The smallest absolute Gasteiger partial charge is 0.410 e. The normalized spacial score (nSPS) is 11.5. The first kappa shape index (κ1) is 15.5. The third-order valence-corrected chi connectivity index (χ3v) is 2.96. The van der Waals surface area contributed by atoms with Crippen LogP contribution >= 0.6 is 0 Å². The Morgan fingerprint density at radius 3 is 2.37 bits per heavy atom. The Labute approximate surface area is 115 Å². The number of ether oxygens (including phenoxy) is 1. The maximum Gasteiger partial charge on any atom is 0.410 e. The SMILES string of the molecule is CC(C)N(C(=O)OCc1ccccc1)C(C)(C)CO. The lowest BCUT2D eigenvalue weighted by molar-refractivity contribution is 0.0161. The highest BCUT2D eigenvalue weighted by atomic mass is 16.6. The Morgan fingerprint density at radius 1 is 1.32 bits per heavy atom. The summed E-state index contributed by atoms with van der Waals surface area (Å²) in [6.07, 6.45) is -0.405. The number of hydrogen-bond acceptors (Lipinski definition) is 3. The highest BCUT2D eigenvalue weighted by Gasteiger charge is 2.33. The number of carbonyl (C=O) groups is 1. The molecule has 0 radical (unpaired) electrons. The van der Waals surface area contributed by atoms with Gasteiger partial charge in [-0.15, -0.1) is 0 Å². The molecule has 1 aromatic carbocycles. The Bertz CT molecular complexity index is 401. The Balaban J connectivity index is 2.69. The highest BCUT2D eigenvalue weighted by molar-refractivity contribution is 5.69. The van der Waals surface area contributed by atoms with Gasteiger partial charge in [-0.25, -0.2) is 4.79 Å². The van der Waals surface area contributed by atoms with Gasteiger partial charge in [-0.3, -0.25) is 4.90 Å². The third-order valence-electron chi connectivity index (χ3n) is 2.96.